The molecule has 0 aromatic rings. The van der Waals surface area contributed by atoms with E-state index in [-0.39, 0.29) is 40.2 Å². The van der Waals surface area contributed by atoms with Crippen LogP contribution in [0.2, 0.25) is 0 Å². The number of halogens is 3. The summed E-state index contributed by atoms with van der Waals surface area (Å²) in [6.07, 6.45) is 5.57. The Labute approximate surface area is 176 Å². The zero-order valence-corrected chi connectivity index (χ0v) is 18.3. The third kappa shape index (κ3) is 2.38. The summed E-state index contributed by atoms with van der Waals surface area (Å²) in [5, 5.41) is 11.0. The van der Waals surface area contributed by atoms with Crippen LogP contribution < -0.4 is 0 Å². The molecule has 27 heavy (non-hydrogen) atoms. The summed E-state index contributed by atoms with van der Waals surface area (Å²) < 4.78 is 0. The Balaban J connectivity index is 1.76. The number of Topliss-reactive ketones (excluding diaryl/α,β-unsaturated/α-hetero) is 2. The predicted octanol–water partition coefficient (Wildman–Crippen LogP) is 4.72. The van der Waals surface area contributed by atoms with Crippen LogP contribution in [-0.2, 0) is 9.59 Å². The van der Waals surface area contributed by atoms with Crippen LogP contribution in [0.15, 0.2) is 0 Å². The zero-order chi connectivity index (χ0) is 19.8. The minimum atomic E-state index is -1.41. The monoisotopic (exact) mass is 434 g/mol. The summed E-state index contributed by atoms with van der Waals surface area (Å²) in [7, 11) is 0. The minimum absolute atomic E-state index is 0.145. The van der Waals surface area contributed by atoms with Crippen molar-refractivity contribution in [3.63, 3.8) is 0 Å². The molecule has 0 bridgehead atoms. The van der Waals surface area contributed by atoms with E-state index in [1.165, 1.54) is 0 Å². The molecule has 1 N–H and O–H groups in total. The van der Waals surface area contributed by atoms with Gasteiger partial charge in [0.05, 0.1) is 16.1 Å². The zero-order valence-electron chi connectivity index (χ0n) is 16.1. The molecule has 0 amide bonds. The molecular weight excluding hydrogens is 407 g/mol. The van der Waals surface area contributed by atoms with Gasteiger partial charge in [0, 0.05) is 18.3 Å². The van der Waals surface area contributed by atoms with Gasteiger partial charge in [-0.1, -0.05) is 13.8 Å². The fourth-order valence-electron chi connectivity index (χ4n) is 7.56. The number of rotatable bonds is 2. The van der Waals surface area contributed by atoms with E-state index in [9.17, 15) is 14.7 Å². The standard InChI is InChI=1S/C21H29Cl3O3/c1-18-7-5-13(25)9-12(18)3-4-15-14-6-8-20(27,17(26)11-22)19(14,2)10-16(23)21(15,18)24/h12,14-16,27H,3-11H2,1-2H3/t12-,14-,15-,16-,18-,19-,20-,21-/m0/s1. The molecule has 0 aliphatic heterocycles. The van der Waals surface area contributed by atoms with Gasteiger partial charge < -0.3 is 5.11 Å². The first-order valence-electron chi connectivity index (χ1n) is 10.2. The fraction of sp³-hybridized carbons (Fsp3) is 0.905. The molecule has 3 nitrogen and oxygen atoms in total. The minimum Gasteiger partial charge on any atom is -0.381 e. The van der Waals surface area contributed by atoms with E-state index in [0.717, 1.165) is 25.7 Å². The van der Waals surface area contributed by atoms with E-state index in [2.05, 4.69) is 6.92 Å². The number of fused-ring (bicyclic) bond motifs is 5. The number of alkyl halides is 3. The Hall–Kier alpha value is 0.170. The second-order valence-corrected chi connectivity index (χ2v) is 11.4. The highest BCUT2D eigenvalue weighted by Crippen LogP contribution is 2.72. The molecule has 4 fully saturated rings. The van der Waals surface area contributed by atoms with E-state index >= 15 is 0 Å². The molecule has 0 radical (unpaired) electrons. The summed E-state index contributed by atoms with van der Waals surface area (Å²) in [5.41, 5.74) is -2.19. The van der Waals surface area contributed by atoms with Crippen molar-refractivity contribution in [3.05, 3.63) is 0 Å². The number of hydrogen-bond donors (Lipinski definition) is 1. The van der Waals surface area contributed by atoms with Crippen LogP contribution in [0, 0.1) is 28.6 Å². The molecule has 0 spiro atoms. The van der Waals surface area contributed by atoms with Crippen LogP contribution in [0.1, 0.15) is 65.2 Å². The third-order valence-electron chi connectivity index (χ3n) is 9.25. The maximum absolute atomic E-state index is 12.6. The van der Waals surface area contributed by atoms with Crippen molar-refractivity contribution in [2.75, 3.05) is 5.88 Å². The van der Waals surface area contributed by atoms with E-state index < -0.39 is 15.9 Å². The van der Waals surface area contributed by atoms with Gasteiger partial charge in [-0.25, -0.2) is 0 Å². The van der Waals surface area contributed by atoms with Gasteiger partial charge in [-0.2, -0.15) is 0 Å². The predicted molar refractivity (Wildman–Crippen MR) is 108 cm³/mol. The molecule has 4 aliphatic rings. The Morgan fingerprint density at radius 3 is 2.52 bits per heavy atom. The van der Waals surface area contributed by atoms with Crippen LogP contribution in [0.3, 0.4) is 0 Å². The molecule has 8 atom stereocenters. The molecule has 0 heterocycles. The van der Waals surface area contributed by atoms with Crippen molar-refractivity contribution in [2.24, 2.45) is 28.6 Å². The molecule has 4 saturated carbocycles. The van der Waals surface area contributed by atoms with Crippen molar-refractivity contribution in [1.29, 1.82) is 0 Å². The molecule has 0 unspecified atom stereocenters. The summed E-state index contributed by atoms with van der Waals surface area (Å²) in [5.74, 6) is 0.450. The van der Waals surface area contributed by atoms with Gasteiger partial charge in [-0.15, -0.1) is 34.8 Å². The summed E-state index contributed by atoms with van der Waals surface area (Å²) in [6.45, 7) is 4.24. The average Bonchev–Trinajstić information content (AvgIpc) is 2.88. The quantitative estimate of drug-likeness (QED) is 0.639. The molecule has 0 saturated heterocycles. The Morgan fingerprint density at radius 1 is 1.15 bits per heavy atom. The Bertz CT molecular complexity index is 684. The van der Waals surface area contributed by atoms with Gasteiger partial charge in [0.1, 0.15) is 11.4 Å². The molecule has 4 rings (SSSR count). The first-order valence-corrected chi connectivity index (χ1v) is 11.6. The largest absolute Gasteiger partial charge is 0.381 e. The summed E-state index contributed by atoms with van der Waals surface area (Å²) in [6, 6.07) is 0. The first kappa shape index (κ1) is 20.4. The van der Waals surface area contributed by atoms with Crippen molar-refractivity contribution in [2.45, 2.75) is 81.1 Å². The van der Waals surface area contributed by atoms with Crippen molar-refractivity contribution < 1.29 is 14.7 Å². The van der Waals surface area contributed by atoms with Crippen molar-refractivity contribution in [1.82, 2.24) is 0 Å². The number of ketones is 2. The van der Waals surface area contributed by atoms with Crippen LogP contribution in [0.4, 0.5) is 0 Å². The molecule has 152 valence electrons. The van der Waals surface area contributed by atoms with E-state index in [1.54, 1.807) is 0 Å². The van der Waals surface area contributed by atoms with Gasteiger partial charge in [0.15, 0.2) is 5.78 Å². The topological polar surface area (TPSA) is 54.4 Å². The Kier molecular flexibility index (Phi) is 4.79. The highest BCUT2D eigenvalue weighted by Gasteiger charge is 2.73. The Morgan fingerprint density at radius 2 is 1.85 bits per heavy atom. The smallest absolute Gasteiger partial charge is 0.179 e. The molecule has 0 aromatic heterocycles. The number of hydrogen-bond acceptors (Lipinski definition) is 3. The lowest BCUT2D eigenvalue weighted by atomic mass is 9.43. The van der Waals surface area contributed by atoms with Gasteiger partial charge in [-0.3, -0.25) is 9.59 Å². The first-order chi connectivity index (χ1) is 12.5. The molecule has 4 aliphatic carbocycles. The highest BCUT2D eigenvalue weighted by atomic mass is 35.5. The lowest BCUT2D eigenvalue weighted by Crippen LogP contribution is -2.69. The molecule has 6 heteroatoms. The normalized spacial score (nSPS) is 54.8. The van der Waals surface area contributed by atoms with E-state index in [0.29, 0.717) is 31.5 Å². The van der Waals surface area contributed by atoms with E-state index in [1.807, 2.05) is 6.92 Å². The van der Waals surface area contributed by atoms with E-state index in [4.69, 9.17) is 34.8 Å². The number of carbonyl (C=O) groups is 2. The highest BCUT2D eigenvalue weighted by molar-refractivity contribution is 6.33. The van der Waals surface area contributed by atoms with Crippen LogP contribution in [0.25, 0.3) is 0 Å². The maximum atomic E-state index is 12.6. The van der Waals surface area contributed by atoms with Crippen LogP contribution >= 0.6 is 34.8 Å². The SMILES string of the molecule is C[C@]12CCC(=O)C[C@@H]1CC[C@H]1[C@@H]3CC[C@](O)(C(=O)CCl)[C@@]3(C)C[C@H](Cl)[C@@]12Cl. The molecule has 0 aromatic carbocycles. The lowest BCUT2D eigenvalue weighted by molar-refractivity contribution is -0.163. The summed E-state index contributed by atoms with van der Waals surface area (Å²) in [4.78, 5) is 24.0. The van der Waals surface area contributed by atoms with Crippen LogP contribution in [0.5, 0.6) is 0 Å². The van der Waals surface area contributed by atoms with Crippen molar-refractivity contribution >= 4 is 46.4 Å². The van der Waals surface area contributed by atoms with Gasteiger partial charge >= 0.3 is 0 Å². The van der Waals surface area contributed by atoms with Gasteiger partial charge in [-0.05, 0) is 61.7 Å². The van der Waals surface area contributed by atoms with Gasteiger partial charge in [0.25, 0.3) is 0 Å². The lowest BCUT2D eigenvalue weighted by Gasteiger charge is -2.66. The van der Waals surface area contributed by atoms with Crippen LogP contribution in [-0.4, -0.2) is 38.4 Å². The maximum Gasteiger partial charge on any atom is 0.179 e. The second kappa shape index (κ2) is 6.33. The fourth-order valence-corrected chi connectivity index (χ4v) is 9.10. The second-order valence-electron chi connectivity index (χ2n) is 9.96. The average molecular weight is 436 g/mol. The number of carbonyl (C=O) groups excluding carboxylic acids is 2. The van der Waals surface area contributed by atoms with Gasteiger partial charge in [0.2, 0.25) is 0 Å². The molecular formula is C21H29Cl3O3. The summed E-state index contributed by atoms with van der Waals surface area (Å²) >= 11 is 20.4. The van der Waals surface area contributed by atoms with Crippen molar-refractivity contribution in [3.8, 4) is 0 Å². The third-order valence-corrected chi connectivity index (χ3v) is 11.1. The number of aliphatic hydroxyl groups is 1.